The molecule has 3 aromatic carbocycles. The Balaban J connectivity index is 1.47. The first-order valence-electron chi connectivity index (χ1n) is 9.29. The minimum Gasteiger partial charge on any atom is -0.611 e. The number of ether oxygens (including phenoxy) is 1. The molecule has 2 nitrogen and oxygen atoms in total. The fraction of sp³-hybridized carbons (Fsp3) is 0.167. The van der Waals surface area contributed by atoms with Crippen LogP contribution in [-0.4, -0.2) is 10.3 Å². The van der Waals surface area contributed by atoms with Gasteiger partial charge in [-0.1, -0.05) is 60.7 Å². The zero-order chi connectivity index (χ0) is 19.6. The molecule has 0 aliphatic carbocycles. The van der Waals surface area contributed by atoms with Gasteiger partial charge in [0.1, 0.15) is 23.4 Å². The molecule has 28 heavy (non-hydrogen) atoms. The molecule has 0 spiro atoms. The molecule has 2 atom stereocenters. The molecule has 0 bridgehead atoms. The Kier molecular flexibility index (Phi) is 7.71. The third kappa shape index (κ3) is 6.25. The maximum Gasteiger partial charge on any atom is 0.152 e. The topological polar surface area (TPSA) is 32.3 Å². The number of hydrogen-bond acceptors (Lipinski definition) is 2. The molecular formula is C24H23FO2S. The fourth-order valence-corrected chi connectivity index (χ4v) is 3.85. The smallest absolute Gasteiger partial charge is 0.152 e. The third-order valence-electron chi connectivity index (χ3n) is 4.17. The van der Waals surface area contributed by atoms with E-state index in [1.807, 2.05) is 72.8 Å². The van der Waals surface area contributed by atoms with Crippen molar-refractivity contribution in [1.82, 2.24) is 0 Å². The Bertz CT molecular complexity index is 868. The molecule has 2 unspecified atom stereocenters. The van der Waals surface area contributed by atoms with Gasteiger partial charge in [0.2, 0.25) is 0 Å². The molecule has 144 valence electrons. The molecule has 3 rings (SSSR count). The lowest BCUT2D eigenvalue weighted by atomic mass is 10.1. The Labute approximate surface area is 168 Å². The van der Waals surface area contributed by atoms with Gasteiger partial charge in [-0.15, -0.1) is 0 Å². The van der Waals surface area contributed by atoms with Crippen molar-refractivity contribution in [2.75, 3.05) is 5.75 Å². The molecular weight excluding hydrogens is 371 g/mol. The largest absolute Gasteiger partial charge is 0.611 e. The first-order chi connectivity index (χ1) is 13.7. The zero-order valence-electron chi connectivity index (χ0n) is 15.5. The van der Waals surface area contributed by atoms with Gasteiger partial charge in [0.05, 0.1) is 0 Å². The second-order valence-corrected chi connectivity index (χ2v) is 7.89. The number of para-hydroxylation sites is 1. The van der Waals surface area contributed by atoms with E-state index in [1.165, 1.54) is 0 Å². The second-order valence-electron chi connectivity index (χ2n) is 6.32. The lowest BCUT2D eigenvalue weighted by molar-refractivity contribution is 0.410. The maximum atomic E-state index is 14.5. The highest BCUT2D eigenvalue weighted by atomic mass is 32.2. The summed E-state index contributed by atoms with van der Waals surface area (Å²) < 4.78 is 32.4. The van der Waals surface area contributed by atoms with Crippen molar-refractivity contribution in [3.63, 3.8) is 0 Å². The van der Waals surface area contributed by atoms with E-state index in [4.69, 9.17) is 4.74 Å². The first-order valence-corrected chi connectivity index (χ1v) is 10.6. The normalized spacial score (nSPS) is 13.4. The minimum absolute atomic E-state index is 0.553. The van der Waals surface area contributed by atoms with E-state index >= 15 is 0 Å². The van der Waals surface area contributed by atoms with E-state index in [0.29, 0.717) is 23.5 Å². The van der Waals surface area contributed by atoms with Crippen molar-refractivity contribution < 1.29 is 13.7 Å². The van der Waals surface area contributed by atoms with Gasteiger partial charge >= 0.3 is 0 Å². The van der Waals surface area contributed by atoms with Gasteiger partial charge in [-0.05, 0) is 66.0 Å². The van der Waals surface area contributed by atoms with E-state index in [1.54, 1.807) is 24.3 Å². The van der Waals surface area contributed by atoms with E-state index < -0.39 is 17.3 Å². The Morgan fingerprint density at radius 2 is 1.57 bits per heavy atom. The summed E-state index contributed by atoms with van der Waals surface area (Å²) in [6, 6.07) is 25.9. The minimum atomic E-state index is -1.20. The number of benzene rings is 3. The Hall–Kier alpha value is -2.56. The molecule has 0 aliphatic heterocycles. The number of allylic oxidation sites excluding steroid dienone is 2. The SMILES string of the molecule is [O-][S+](CCCC=CC(F)c1cccc(Oc2ccccc2)c1)c1ccccc1. The summed E-state index contributed by atoms with van der Waals surface area (Å²) in [6.07, 6.45) is 3.62. The third-order valence-corrected chi connectivity index (χ3v) is 5.62. The summed E-state index contributed by atoms with van der Waals surface area (Å²) >= 11 is -1.00. The van der Waals surface area contributed by atoms with Gasteiger partial charge in [-0.25, -0.2) is 4.39 Å². The average Bonchev–Trinajstić information content (AvgIpc) is 2.75. The molecule has 0 aromatic heterocycles. The zero-order valence-corrected chi connectivity index (χ0v) is 16.4. The predicted molar refractivity (Wildman–Crippen MR) is 113 cm³/mol. The quantitative estimate of drug-likeness (QED) is 0.232. The number of rotatable bonds is 9. The molecule has 0 heterocycles. The van der Waals surface area contributed by atoms with Crippen LogP contribution in [0.4, 0.5) is 4.39 Å². The molecule has 0 amide bonds. The first kappa shape index (κ1) is 20.2. The van der Waals surface area contributed by atoms with E-state index in [2.05, 4.69) is 0 Å². The van der Waals surface area contributed by atoms with Gasteiger partial charge in [0.25, 0.3) is 0 Å². The lowest BCUT2D eigenvalue weighted by Crippen LogP contribution is -2.06. The van der Waals surface area contributed by atoms with Crippen molar-refractivity contribution >= 4 is 11.2 Å². The van der Waals surface area contributed by atoms with Crippen LogP contribution in [0, 0.1) is 0 Å². The van der Waals surface area contributed by atoms with Crippen LogP contribution in [0.3, 0.4) is 0 Å². The van der Waals surface area contributed by atoms with Crippen LogP contribution in [-0.2, 0) is 11.2 Å². The number of hydrogen-bond donors (Lipinski definition) is 0. The standard InChI is InChI=1S/C24H23FO2S/c25-24(17-8-3-9-18-28(26)23-15-6-2-7-16-23)20-11-10-14-22(19-20)27-21-12-4-1-5-13-21/h1-2,4-8,10-17,19,24H,3,9,18H2. The highest BCUT2D eigenvalue weighted by molar-refractivity contribution is 7.91. The van der Waals surface area contributed by atoms with Crippen LogP contribution in [0.5, 0.6) is 11.5 Å². The Morgan fingerprint density at radius 1 is 0.893 bits per heavy atom. The molecule has 0 fully saturated rings. The number of alkyl halides is 1. The summed E-state index contributed by atoms with van der Waals surface area (Å²) in [7, 11) is 0. The summed E-state index contributed by atoms with van der Waals surface area (Å²) in [4.78, 5) is 0.838. The number of unbranched alkanes of at least 4 members (excludes halogenated alkanes) is 1. The number of halogens is 1. The highest BCUT2D eigenvalue weighted by Crippen LogP contribution is 2.27. The van der Waals surface area contributed by atoms with E-state index in [-0.39, 0.29) is 0 Å². The highest BCUT2D eigenvalue weighted by Gasteiger charge is 2.09. The van der Waals surface area contributed by atoms with E-state index in [9.17, 15) is 8.94 Å². The van der Waals surface area contributed by atoms with Crippen LogP contribution >= 0.6 is 0 Å². The fourth-order valence-electron chi connectivity index (χ4n) is 2.72. The van der Waals surface area contributed by atoms with Crippen LogP contribution in [0.25, 0.3) is 0 Å². The van der Waals surface area contributed by atoms with Crippen LogP contribution in [0.15, 0.2) is 102 Å². The van der Waals surface area contributed by atoms with Crippen molar-refractivity contribution in [2.24, 2.45) is 0 Å². The van der Waals surface area contributed by atoms with Crippen molar-refractivity contribution in [1.29, 1.82) is 0 Å². The molecule has 0 N–H and O–H groups in total. The van der Waals surface area contributed by atoms with Gasteiger partial charge < -0.3 is 9.29 Å². The second kappa shape index (κ2) is 10.7. The molecule has 0 aliphatic rings. The summed E-state index contributed by atoms with van der Waals surface area (Å²) in [5.41, 5.74) is 0.553. The predicted octanol–water partition coefficient (Wildman–Crippen LogP) is 6.63. The van der Waals surface area contributed by atoms with Gasteiger partial charge in [-0.2, -0.15) is 0 Å². The van der Waals surface area contributed by atoms with Gasteiger partial charge in [0, 0.05) is 0 Å². The van der Waals surface area contributed by atoms with Crippen LogP contribution in [0.1, 0.15) is 24.6 Å². The monoisotopic (exact) mass is 394 g/mol. The summed E-state index contributed by atoms with van der Waals surface area (Å²) in [5, 5.41) is 0. The van der Waals surface area contributed by atoms with Gasteiger partial charge in [0.15, 0.2) is 4.90 Å². The summed E-state index contributed by atoms with van der Waals surface area (Å²) in [5.74, 6) is 1.90. The molecule has 0 saturated heterocycles. The van der Waals surface area contributed by atoms with E-state index in [0.717, 1.165) is 17.1 Å². The lowest BCUT2D eigenvalue weighted by Gasteiger charge is -2.10. The Morgan fingerprint density at radius 3 is 2.32 bits per heavy atom. The maximum absolute atomic E-state index is 14.5. The average molecular weight is 395 g/mol. The van der Waals surface area contributed by atoms with Crippen LogP contribution in [0.2, 0.25) is 0 Å². The summed E-state index contributed by atoms with van der Waals surface area (Å²) in [6.45, 7) is 0. The van der Waals surface area contributed by atoms with Gasteiger partial charge in [-0.3, -0.25) is 0 Å². The molecule has 0 radical (unpaired) electrons. The molecule has 4 heteroatoms. The molecule has 3 aromatic rings. The molecule has 0 saturated carbocycles. The van der Waals surface area contributed by atoms with Crippen molar-refractivity contribution in [2.45, 2.75) is 23.9 Å². The van der Waals surface area contributed by atoms with Crippen LogP contribution < -0.4 is 4.74 Å². The van der Waals surface area contributed by atoms with Crippen molar-refractivity contribution in [3.05, 3.63) is 103 Å². The van der Waals surface area contributed by atoms with Crippen molar-refractivity contribution in [3.8, 4) is 11.5 Å².